The van der Waals surface area contributed by atoms with Crippen molar-refractivity contribution in [3.05, 3.63) is 53.1 Å². The Bertz CT molecular complexity index is 784. The van der Waals surface area contributed by atoms with Gasteiger partial charge in [-0.1, -0.05) is 29.8 Å². The molecule has 140 valence electrons. The van der Waals surface area contributed by atoms with E-state index in [-0.39, 0.29) is 48.8 Å². The summed E-state index contributed by atoms with van der Waals surface area (Å²) < 4.78 is 5.23. The molecule has 2 aromatic rings. The molecule has 0 radical (unpaired) electrons. The van der Waals surface area contributed by atoms with Crippen LogP contribution in [-0.4, -0.2) is 25.5 Å². The number of guanidine groups is 1. The number of amides is 1. The molecule has 0 unspecified atom stereocenters. The van der Waals surface area contributed by atoms with Crippen molar-refractivity contribution in [2.24, 2.45) is 10.7 Å². The van der Waals surface area contributed by atoms with Gasteiger partial charge in [0.25, 0.3) is 0 Å². The largest absolute Gasteiger partial charge is 0.495 e. The maximum Gasteiger partial charge on any atom is 0.226 e. The zero-order valence-corrected chi connectivity index (χ0v) is 17.7. The number of methoxy groups -OCH3 is 1. The van der Waals surface area contributed by atoms with Crippen LogP contribution in [0.2, 0.25) is 5.02 Å². The number of hydrogen-bond acceptors (Lipinski definition) is 3. The van der Waals surface area contributed by atoms with Crippen LogP contribution < -0.4 is 21.1 Å². The topological polar surface area (TPSA) is 88.7 Å². The number of halogens is 2. The number of hydrogen-bond donors (Lipinski definition) is 3. The predicted octanol–water partition coefficient (Wildman–Crippen LogP) is 4.03. The van der Waals surface area contributed by atoms with Crippen LogP contribution in [0.3, 0.4) is 0 Å². The van der Waals surface area contributed by atoms with Crippen LogP contribution in [0.15, 0.2) is 47.5 Å². The van der Waals surface area contributed by atoms with Gasteiger partial charge in [-0.15, -0.1) is 24.0 Å². The Morgan fingerprint density at radius 1 is 1.19 bits per heavy atom. The van der Waals surface area contributed by atoms with Gasteiger partial charge < -0.3 is 21.1 Å². The van der Waals surface area contributed by atoms with Crippen LogP contribution in [0.4, 0.5) is 11.4 Å². The fourth-order valence-electron chi connectivity index (χ4n) is 2.14. The number of para-hydroxylation sites is 2. The van der Waals surface area contributed by atoms with Gasteiger partial charge in [0.2, 0.25) is 5.91 Å². The molecule has 26 heavy (non-hydrogen) atoms. The first-order valence-corrected chi connectivity index (χ1v) is 8.13. The first kappa shape index (κ1) is 22.0. The number of benzene rings is 2. The average molecular weight is 489 g/mol. The Hall–Kier alpha value is -2.00. The molecule has 0 bridgehead atoms. The van der Waals surface area contributed by atoms with Crippen LogP contribution >= 0.6 is 35.6 Å². The van der Waals surface area contributed by atoms with Gasteiger partial charge in [-0.25, -0.2) is 0 Å². The van der Waals surface area contributed by atoms with Crippen molar-refractivity contribution in [3.8, 4) is 5.75 Å². The molecule has 2 aromatic carbocycles. The second-order valence-electron chi connectivity index (χ2n) is 5.37. The van der Waals surface area contributed by atoms with E-state index in [2.05, 4.69) is 15.6 Å². The number of carbonyl (C=O) groups excluding carboxylic acids is 1. The third kappa shape index (κ3) is 6.72. The SMILES string of the molecule is COc1ccccc1NC(N)=NCCC(=O)Nc1ccc(C)cc1Cl.I. The summed E-state index contributed by atoms with van der Waals surface area (Å²) in [6.07, 6.45) is 0.193. The Kier molecular flexibility index (Phi) is 9.22. The molecule has 6 nitrogen and oxygen atoms in total. The highest BCUT2D eigenvalue weighted by Gasteiger charge is 2.06. The molecule has 8 heteroatoms. The van der Waals surface area contributed by atoms with Crippen LogP contribution in [-0.2, 0) is 4.79 Å². The van der Waals surface area contributed by atoms with E-state index in [1.165, 1.54) is 0 Å². The van der Waals surface area contributed by atoms with Gasteiger partial charge in [0.15, 0.2) is 5.96 Å². The molecular formula is C18H22ClIN4O2. The minimum atomic E-state index is -0.181. The van der Waals surface area contributed by atoms with Gasteiger partial charge in [0, 0.05) is 6.42 Å². The van der Waals surface area contributed by atoms with E-state index in [1.54, 1.807) is 19.2 Å². The number of rotatable bonds is 6. The number of aryl methyl sites for hydroxylation is 1. The first-order valence-electron chi connectivity index (χ1n) is 7.75. The van der Waals surface area contributed by atoms with E-state index in [0.717, 1.165) is 5.56 Å². The number of nitrogens with zero attached hydrogens (tertiary/aromatic N) is 1. The number of carbonyl (C=O) groups is 1. The lowest BCUT2D eigenvalue weighted by atomic mass is 10.2. The van der Waals surface area contributed by atoms with E-state index in [0.29, 0.717) is 22.1 Å². The normalized spacial score (nSPS) is 10.7. The van der Waals surface area contributed by atoms with Gasteiger partial charge in [0.05, 0.1) is 30.1 Å². The summed E-state index contributed by atoms with van der Waals surface area (Å²) in [5, 5.41) is 6.22. The lowest BCUT2D eigenvalue weighted by Gasteiger charge is -2.10. The summed E-state index contributed by atoms with van der Waals surface area (Å²) in [5.74, 6) is 0.692. The highest BCUT2D eigenvalue weighted by molar-refractivity contribution is 14.0. The van der Waals surface area contributed by atoms with Crippen LogP contribution in [0.1, 0.15) is 12.0 Å². The van der Waals surface area contributed by atoms with Gasteiger partial charge >= 0.3 is 0 Å². The van der Waals surface area contributed by atoms with Crippen molar-refractivity contribution in [1.82, 2.24) is 0 Å². The number of aliphatic imine (C=N–C) groups is 1. The highest BCUT2D eigenvalue weighted by atomic mass is 127. The first-order chi connectivity index (χ1) is 12.0. The molecule has 4 N–H and O–H groups in total. The third-order valence-corrected chi connectivity index (χ3v) is 3.70. The monoisotopic (exact) mass is 488 g/mol. The maximum absolute atomic E-state index is 12.0. The van der Waals surface area contributed by atoms with Crippen molar-refractivity contribution in [1.29, 1.82) is 0 Å². The van der Waals surface area contributed by atoms with Crippen molar-refractivity contribution < 1.29 is 9.53 Å². The van der Waals surface area contributed by atoms with E-state index < -0.39 is 0 Å². The summed E-state index contributed by atoms with van der Waals surface area (Å²) in [7, 11) is 1.58. The standard InChI is InChI=1S/C18H21ClN4O2.HI/c1-12-7-8-14(13(19)11-12)22-17(24)9-10-21-18(20)23-15-5-3-4-6-16(15)25-2;/h3-8,11H,9-10H2,1-2H3,(H,22,24)(H3,20,21,23);1H. The number of nitrogens with two attached hydrogens (primary N) is 1. The van der Waals surface area contributed by atoms with Gasteiger partial charge in [-0.3, -0.25) is 9.79 Å². The Labute approximate surface area is 175 Å². The molecule has 0 aliphatic carbocycles. The molecule has 0 fully saturated rings. The summed E-state index contributed by atoms with van der Waals surface area (Å²) >= 11 is 6.09. The van der Waals surface area contributed by atoms with Gasteiger partial charge in [0.1, 0.15) is 5.75 Å². The Balaban J connectivity index is 0.00000338. The number of ether oxygens (including phenoxy) is 1. The molecule has 0 saturated heterocycles. The summed E-state index contributed by atoms with van der Waals surface area (Å²) in [5.41, 5.74) is 8.16. The summed E-state index contributed by atoms with van der Waals surface area (Å²) in [6.45, 7) is 2.19. The van der Waals surface area contributed by atoms with Crippen molar-refractivity contribution in [2.45, 2.75) is 13.3 Å². The van der Waals surface area contributed by atoms with Crippen LogP contribution in [0.5, 0.6) is 5.75 Å². The second kappa shape index (κ2) is 10.9. The summed E-state index contributed by atoms with van der Waals surface area (Å²) in [4.78, 5) is 16.1. The average Bonchev–Trinajstić information content (AvgIpc) is 2.58. The van der Waals surface area contributed by atoms with E-state index in [4.69, 9.17) is 22.1 Å². The minimum Gasteiger partial charge on any atom is -0.495 e. The zero-order valence-electron chi connectivity index (χ0n) is 14.6. The quantitative estimate of drug-likeness (QED) is 0.325. The van der Waals surface area contributed by atoms with E-state index >= 15 is 0 Å². The smallest absolute Gasteiger partial charge is 0.226 e. The molecule has 0 spiro atoms. The second-order valence-corrected chi connectivity index (χ2v) is 5.78. The van der Waals surface area contributed by atoms with Crippen LogP contribution in [0, 0.1) is 6.92 Å². The maximum atomic E-state index is 12.0. The summed E-state index contributed by atoms with van der Waals surface area (Å²) in [6, 6.07) is 12.8. The zero-order chi connectivity index (χ0) is 18.2. The minimum absolute atomic E-state index is 0. The molecule has 2 rings (SSSR count). The number of nitrogens with one attached hydrogen (secondary N) is 2. The lowest BCUT2D eigenvalue weighted by molar-refractivity contribution is -0.116. The molecular weight excluding hydrogens is 467 g/mol. The molecule has 0 aliphatic heterocycles. The van der Waals surface area contributed by atoms with E-state index in [1.807, 2.05) is 37.3 Å². The predicted molar refractivity (Wildman–Crippen MR) is 118 cm³/mol. The Morgan fingerprint density at radius 3 is 2.62 bits per heavy atom. The Morgan fingerprint density at radius 2 is 1.92 bits per heavy atom. The van der Waals surface area contributed by atoms with Gasteiger partial charge in [-0.2, -0.15) is 0 Å². The molecule has 0 aromatic heterocycles. The van der Waals surface area contributed by atoms with Crippen LogP contribution in [0.25, 0.3) is 0 Å². The van der Waals surface area contributed by atoms with Crippen molar-refractivity contribution >= 4 is 58.8 Å². The molecule has 0 saturated carbocycles. The molecule has 0 aliphatic rings. The van der Waals surface area contributed by atoms with Crippen molar-refractivity contribution in [2.75, 3.05) is 24.3 Å². The fourth-order valence-corrected chi connectivity index (χ4v) is 2.42. The number of anilines is 2. The van der Waals surface area contributed by atoms with E-state index in [9.17, 15) is 4.79 Å². The molecule has 0 heterocycles. The highest BCUT2D eigenvalue weighted by Crippen LogP contribution is 2.23. The van der Waals surface area contributed by atoms with Gasteiger partial charge in [-0.05, 0) is 36.8 Å². The lowest BCUT2D eigenvalue weighted by Crippen LogP contribution is -2.24. The molecule has 0 atom stereocenters. The fraction of sp³-hybridized carbons (Fsp3) is 0.222. The third-order valence-electron chi connectivity index (χ3n) is 3.39. The van der Waals surface area contributed by atoms with Crippen molar-refractivity contribution in [3.63, 3.8) is 0 Å². The molecule has 1 amide bonds.